The maximum Gasteiger partial charge on any atom is 0.234 e. The summed E-state index contributed by atoms with van der Waals surface area (Å²) in [6.07, 6.45) is 0.989. The predicted octanol–water partition coefficient (Wildman–Crippen LogP) is 3.48. The number of thiophene rings is 1. The van der Waals surface area contributed by atoms with E-state index in [9.17, 15) is 9.18 Å². The largest absolute Gasteiger partial charge is 0.370 e. The van der Waals surface area contributed by atoms with Crippen LogP contribution in [-0.4, -0.2) is 43.5 Å². The number of carbonyl (C=O) groups excluding carboxylic acids is 1. The number of benzene rings is 1. The molecule has 1 amide bonds. The van der Waals surface area contributed by atoms with Crippen LogP contribution in [0.3, 0.4) is 0 Å². The van der Waals surface area contributed by atoms with Crippen LogP contribution in [-0.2, 0) is 11.3 Å². The van der Waals surface area contributed by atoms with Crippen LogP contribution in [0.5, 0.6) is 0 Å². The van der Waals surface area contributed by atoms with E-state index in [0.717, 1.165) is 47.6 Å². The van der Waals surface area contributed by atoms with E-state index in [1.54, 1.807) is 11.3 Å². The van der Waals surface area contributed by atoms with Crippen molar-refractivity contribution in [3.05, 3.63) is 50.9 Å². The Morgan fingerprint density at radius 3 is 2.72 bits per heavy atom. The van der Waals surface area contributed by atoms with Crippen molar-refractivity contribution in [2.24, 2.45) is 0 Å². The van der Waals surface area contributed by atoms with Gasteiger partial charge in [-0.15, -0.1) is 11.3 Å². The van der Waals surface area contributed by atoms with Crippen molar-refractivity contribution in [3.63, 3.8) is 0 Å². The van der Waals surface area contributed by atoms with Crippen molar-refractivity contribution < 1.29 is 9.18 Å². The molecule has 0 aliphatic carbocycles. The van der Waals surface area contributed by atoms with Crippen LogP contribution in [0.4, 0.5) is 10.1 Å². The first kappa shape index (κ1) is 18.4. The molecule has 7 heteroatoms. The summed E-state index contributed by atoms with van der Waals surface area (Å²) in [5, 5.41) is 5.00. The molecule has 0 radical (unpaired) electrons. The van der Waals surface area contributed by atoms with E-state index in [0.29, 0.717) is 13.1 Å². The van der Waals surface area contributed by atoms with Crippen molar-refractivity contribution >= 4 is 38.9 Å². The van der Waals surface area contributed by atoms with Gasteiger partial charge < -0.3 is 10.2 Å². The number of hydrogen-bond acceptors (Lipinski definition) is 4. The maximum absolute atomic E-state index is 13.1. The topological polar surface area (TPSA) is 35.6 Å². The number of hydrogen-bond donors (Lipinski definition) is 1. The zero-order valence-corrected chi connectivity index (χ0v) is 16.3. The molecule has 0 bridgehead atoms. The molecule has 0 unspecified atom stereocenters. The lowest BCUT2D eigenvalue weighted by Gasteiger charge is -2.23. The average Bonchev–Trinajstić information content (AvgIpc) is 2.88. The predicted molar refractivity (Wildman–Crippen MR) is 104 cm³/mol. The number of rotatable bonds is 5. The molecule has 3 rings (SSSR count). The van der Waals surface area contributed by atoms with Crippen LogP contribution >= 0.6 is 27.3 Å². The normalized spacial score (nSPS) is 15.8. The Bertz CT molecular complexity index is 707. The van der Waals surface area contributed by atoms with Crippen molar-refractivity contribution in [1.29, 1.82) is 0 Å². The number of halogens is 2. The number of nitrogens with zero attached hydrogens (tertiary/aromatic N) is 2. The highest BCUT2D eigenvalue weighted by Crippen LogP contribution is 2.19. The van der Waals surface area contributed by atoms with Crippen LogP contribution in [0.1, 0.15) is 11.3 Å². The lowest BCUT2D eigenvalue weighted by atomic mass is 10.2. The lowest BCUT2D eigenvalue weighted by Crippen LogP contribution is -2.39. The van der Waals surface area contributed by atoms with Gasteiger partial charge in [-0.25, -0.2) is 4.39 Å². The third-order valence-corrected chi connectivity index (χ3v) is 5.93. The fourth-order valence-electron chi connectivity index (χ4n) is 2.93. The van der Waals surface area contributed by atoms with Gasteiger partial charge >= 0.3 is 0 Å². The number of carbonyl (C=O) groups is 1. The van der Waals surface area contributed by atoms with E-state index in [2.05, 4.69) is 31.0 Å². The quantitative estimate of drug-likeness (QED) is 0.796. The Labute approximate surface area is 159 Å². The Hall–Kier alpha value is -1.44. The van der Waals surface area contributed by atoms with Crippen LogP contribution in [0.25, 0.3) is 0 Å². The molecule has 1 aromatic heterocycles. The van der Waals surface area contributed by atoms with Gasteiger partial charge in [0.25, 0.3) is 0 Å². The minimum absolute atomic E-state index is 0.0553. The second kappa shape index (κ2) is 8.78. The molecule has 2 aromatic rings. The van der Waals surface area contributed by atoms with Crippen molar-refractivity contribution in [3.8, 4) is 0 Å². The third-order valence-electron chi connectivity index (χ3n) is 4.23. The first-order valence-electron chi connectivity index (χ1n) is 8.32. The summed E-state index contributed by atoms with van der Waals surface area (Å²) in [7, 11) is 0. The summed E-state index contributed by atoms with van der Waals surface area (Å²) >= 11 is 5.05. The Balaban J connectivity index is 1.46. The summed E-state index contributed by atoms with van der Waals surface area (Å²) in [6, 6.07) is 8.65. The van der Waals surface area contributed by atoms with Gasteiger partial charge in [0.05, 0.1) is 13.1 Å². The minimum Gasteiger partial charge on any atom is -0.370 e. The van der Waals surface area contributed by atoms with E-state index in [1.807, 2.05) is 23.6 Å². The monoisotopic (exact) mass is 425 g/mol. The van der Waals surface area contributed by atoms with Gasteiger partial charge in [-0.1, -0.05) is 0 Å². The van der Waals surface area contributed by atoms with Crippen molar-refractivity contribution in [1.82, 2.24) is 10.2 Å². The molecule has 4 nitrogen and oxygen atoms in total. The zero-order valence-electron chi connectivity index (χ0n) is 13.9. The SMILES string of the molecule is O=C(CN1CCCN(c2ccc(F)cc2)CC1)NCc1cc(Br)cs1. The van der Waals surface area contributed by atoms with Gasteiger partial charge in [0.1, 0.15) is 5.82 Å². The Morgan fingerprint density at radius 1 is 1.20 bits per heavy atom. The molecule has 0 atom stereocenters. The molecule has 1 saturated heterocycles. The lowest BCUT2D eigenvalue weighted by molar-refractivity contribution is -0.122. The molecule has 0 saturated carbocycles. The van der Waals surface area contributed by atoms with Gasteiger partial charge in [-0.2, -0.15) is 0 Å². The van der Waals surface area contributed by atoms with E-state index < -0.39 is 0 Å². The maximum atomic E-state index is 13.1. The van der Waals surface area contributed by atoms with Crippen molar-refractivity contribution in [2.45, 2.75) is 13.0 Å². The molecular formula is C18H21BrFN3OS. The first-order chi connectivity index (χ1) is 12.1. The van der Waals surface area contributed by atoms with Crippen LogP contribution < -0.4 is 10.2 Å². The number of amides is 1. The van der Waals surface area contributed by atoms with E-state index in [-0.39, 0.29) is 11.7 Å². The standard InChI is InChI=1S/C18H21BrFN3OS/c19-14-10-17(25-13-14)11-21-18(24)12-22-6-1-7-23(9-8-22)16-4-2-15(20)3-5-16/h2-5,10,13H,1,6-9,11-12H2,(H,21,24). The zero-order chi connectivity index (χ0) is 17.6. The van der Waals surface area contributed by atoms with E-state index in [1.165, 1.54) is 12.1 Å². The van der Waals surface area contributed by atoms with Crippen LogP contribution in [0.15, 0.2) is 40.2 Å². The highest BCUT2D eigenvalue weighted by molar-refractivity contribution is 9.10. The minimum atomic E-state index is -0.213. The van der Waals surface area contributed by atoms with Gasteiger partial charge in [-0.05, 0) is 52.7 Å². The van der Waals surface area contributed by atoms with E-state index in [4.69, 9.17) is 0 Å². The molecule has 1 aliphatic rings. The van der Waals surface area contributed by atoms with E-state index >= 15 is 0 Å². The second-order valence-corrected chi connectivity index (χ2v) is 8.01. The molecule has 1 N–H and O–H groups in total. The summed E-state index contributed by atoms with van der Waals surface area (Å²) in [5.74, 6) is -0.158. The average molecular weight is 426 g/mol. The molecule has 0 spiro atoms. The van der Waals surface area contributed by atoms with Gasteiger partial charge in [0, 0.05) is 46.6 Å². The summed E-state index contributed by atoms with van der Waals surface area (Å²) in [6.45, 7) is 4.49. The van der Waals surface area contributed by atoms with Gasteiger partial charge in [0.15, 0.2) is 0 Å². The molecule has 2 heterocycles. The molecule has 134 valence electrons. The second-order valence-electron chi connectivity index (χ2n) is 6.10. The molecule has 1 fully saturated rings. The first-order valence-corrected chi connectivity index (χ1v) is 10.00. The third kappa shape index (κ3) is 5.52. The molecule has 1 aliphatic heterocycles. The Morgan fingerprint density at radius 2 is 2.00 bits per heavy atom. The molecule has 1 aromatic carbocycles. The number of anilines is 1. The highest BCUT2D eigenvalue weighted by Gasteiger charge is 2.17. The van der Waals surface area contributed by atoms with Gasteiger partial charge in [0.2, 0.25) is 5.91 Å². The van der Waals surface area contributed by atoms with Gasteiger partial charge in [-0.3, -0.25) is 9.69 Å². The smallest absolute Gasteiger partial charge is 0.234 e. The van der Waals surface area contributed by atoms with Crippen LogP contribution in [0.2, 0.25) is 0 Å². The summed E-state index contributed by atoms with van der Waals surface area (Å²) < 4.78 is 14.1. The van der Waals surface area contributed by atoms with Crippen LogP contribution in [0, 0.1) is 5.82 Å². The summed E-state index contributed by atoms with van der Waals surface area (Å²) in [5.41, 5.74) is 1.04. The summed E-state index contributed by atoms with van der Waals surface area (Å²) in [4.78, 5) is 17.7. The number of nitrogens with one attached hydrogen (secondary N) is 1. The fourth-order valence-corrected chi connectivity index (χ4v) is 4.32. The Kier molecular flexibility index (Phi) is 6.45. The molecule has 25 heavy (non-hydrogen) atoms. The van der Waals surface area contributed by atoms with Crippen molar-refractivity contribution in [2.75, 3.05) is 37.6 Å². The molecular weight excluding hydrogens is 405 g/mol. The fraction of sp³-hybridized carbons (Fsp3) is 0.389. The highest BCUT2D eigenvalue weighted by atomic mass is 79.9.